The van der Waals surface area contributed by atoms with E-state index >= 15 is 0 Å². The lowest BCUT2D eigenvalue weighted by Gasteiger charge is -2.16. The van der Waals surface area contributed by atoms with E-state index < -0.39 is 0 Å². The van der Waals surface area contributed by atoms with E-state index in [1.165, 1.54) is 16.7 Å². The number of benzene rings is 1. The summed E-state index contributed by atoms with van der Waals surface area (Å²) in [6.07, 6.45) is 0. The first kappa shape index (κ1) is 13.8. The SMILES string of the molecule is Cc1ccc(C(CN)c2cc(C(C)C)n[nH]2)c(C)c1. The molecule has 0 aliphatic rings. The third kappa shape index (κ3) is 2.87. The van der Waals surface area contributed by atoms with E-state index in [1.807, 2.05) is 0 Å². The van der Waals surface area contributed by atoms with Crippen LogP contribution in [0.2, 0.25) is 0 Å². The third-order valence-electron chi connectivity index (χ3n) is 3.62. The van der Waals surface area contributed by atoms with E-state index in [4.69, 9.17) is 5.73 Å². The fourth-order valence-corrected chi connectivity index (χ4v) is 2.47. The Kier molecular flexibility index (Phi) is 4.05. The number of nitrogens with one attached hydrogen (secondary N) is 1. The van der Waals surface area contributed by atoms with Crippen LogP contribution in [0.5, 0.6) is 0 Å². The molecule has 2 rings (SSSR count). The van der Waals surface area contributed by atoms with Crippen molar-refractivity contribution in [3.8, 4) is 0 Å². The number of hydrogen-bond donors (Lipinski definition) is 2. The van der Waals surface area contributed by atoms with Gasteiger partial charge in [0.25, 0.3) is 0 Å². The van der Waals surface area contributed by atoms with Crippen LogP contribution in [0.1, 0.15) is 53.8 Å². The van der Waals surface area contributed by atoms with E-state index in [0.29, 0.717) is 12.5 Å². The summed E-state index contributed by atoms with van der Waals surface area (Å²) in [6, 6.07) is 8.67. The average molecular weight is 257 g/mol. The second-order valence-corrected chi connectivity index (χ2v) is 5.55. The van der Waals surface area contributed by atoms with Crippen LogP contribution in [0.15, 0.2) is 24.3 Å². The second-order valence-electron chi connectivity index (χ2n) is 5.55. The molecule has 1 atom stereocenters. The zero-order valence-electron chi connectivity index (χ0n) is 12.2. The zero-order chi connectivity index (χ0) is 14.0. The van der Waals surface area contributed by atoms with Gasteiger partial charge >= 0.3 is 0 Å². The Bertz CT molecular complexity index is 555. The van der Waals surface area contributed by atoms with Crippen molar-refractivity contribution in [3.05, 3.63) is 52.3 Å². The van der Waals surface area contributed by atoms with Gasteiger partial charge in [-0.3, -0.25) is 5.10 Å². The molecule has 0 saturated carbocycles. The van der Waals surface area contributed by atoms with Crippen LogP contribution in [0.25, 0.3) is 0 Å². The lowest BCUT2D eigenvalue weighted by atomic mass is 9.90. The standard InChI is InChI=1S/C16H23N3/c1-10(2)15-8-16(19-18-15)14(9-17)13-6-5-11(3)7-12(13)4/h5-8,10,14H,9,17H2,1-4H3,(H,18,19). The smallest absolute Gasteiger partial charge is 0.0650 e. The second kappa shape index (κ2) is 5.57. The van der Waals surface area contributed by atoms with E-state index in [1.54, 1.807) is 0 Å². The van der Waals surface area contributed by atoms with Crippen molar-refractivity contribution in [2.75, 3.05) is 6.54 Å². The molecule has 0 aliphatic heterocycles. The Balaban J connectivity index is 2.38. The van der Waals surface area contributed by atoms with Crippen LogP contribution in [-0.2, 0) is 0 Å². The van der Waals surface area contributed by atoms with Gasteiger partial charge < -0.3 is 5.73 Å². The van der Waals surface area contributed by atoms with Gasteiger partial charge in [-0.25, -0.2) is 0 Å². The summed E-state index contributed by atoms with van der Waals surface area (Å²) in [5.41, 5.74) is 12.0. The van der Waals surface area contributed by atoms with Gasteiger partial charge in [-0.1, -0.05) is 37.6 Å². The molecule has 3 N–H and O–H groups in total. The van der Waals surface area contributed by atoms with Crippen LogP contribution < -0.4 is 5.73 Å². The quantitative estimate of drug-likeness (QED) is 0.883. The molecule has 3 nitrogen and oxygen atoms in total. The fraction of sp³-hybridized carbons (Fsp3) is 0.438. The minimum atomic E-state index is 0.195. The number of H-pyrrole nitrogens is 1. The molecule has 1 heterocycles. The van der Waals surface area contributed by atoms with E-state index in [0.717, 1.165) is 11.4 Å². The van der Waals surface area contributed by atoms with Crippen molar-refractivity contribution in [1.82, 2.24) is 10.2 Å². The van der Waals surface area contributed by atoms with E-state index in [-0.39, 0.29) is 5.92 Å². The van der Waals surface area contributed by atoms with Gasteiger partial charge in [0.15, 0.2) is 0 Å². The van der Waals surface area contributed by atoms with E-state index in [9.17, 15) is 0 Å². The molecule has 102 valence electrons. The van der Waals surface area contributed by atoms with Crippen LogP contribution in [0.3, 0.4) is 0 Å². The van der Waals surface area contributed by atoms with Gasteiger partial charge in [-0.15, -0.1) is 0 Å². The molecule has 0 fully saturated rings. The zero-order valence-corrected chi connectivity index (χ0v) is 12.2. The first-order valence-electron chi connectivity index (χ1n) is 6.85. The van der Waals surface area contributed by atoms with Crippen molar-refractivity contribution in [2.24, 2.45) is 5.73 Å². The molecule has 3 heteroatoms. The molecule has 0 spiro atoms. The monoisotopic (exact) mass is 257 g/mol. The van der Waals surface area contributed by atoms with Crippen molar-refractivity contribution in [3.63, 3.8) is 0 Å². The summed E-state index contributed by atoms with van der Waals surface area (Å²) in [5.74, 6) is 0.628. The van der Waals surface area contributed by atoms with E-state index in [2.05, 4.69) is 62.2 Å². The summed E-state index contributed by atoms with van der Waals surface area (Å²) < 4.78 is 0. The van der Waals surface area contributed by atoms with Crippen molar-refractivity contribution in [1.29, 1.82) is 0 Å². The van der Waals surface area contributed by atoms with Gasteiger partial charge in [-0.2, -0.15) is 5.10 Å². The molecule has 0 saturated heterocycles. The minimum absolute atomic E-state index is 0.195. The molecular formula is C16H23N3. The number of aryl methyl sites for hydroxylation is 2. The number of rotatable bonds is 4. The molecular weight excluding hydrogens is 234 g/mol. The highest BCUT2D eigenvalue weighted by molar-refractivity contribution is 5.38. The normalized spacial score (nSPS) is 12.9. The molecule has 1 aromatic carbocycles. The molecule has 1 aromatic heterocycles. The number of aromatic nitrogens is 2. The summed E-state index contributed by atoms with van der Waals surface area (Å²) in [5, 5.41) is 7.53. The Morgan fingerprint density at radius 2 is 1.95 bits per heavy atom. The number of nitrogens with zero attached hydrogens (tertiary/aromatic N) is 1. The molecule has 1 unspecified atom stereocenters. The summed E-state index contributed by atoms with van der Waals surface area (Å²) in [7, 11) is 0. The summed E-state index contributed by atoms with van der Waals surface area (Å²) >= 11 is 0. The number of hydrogen-bond acceptors (Lipinski definition) is 2. The largest absolute Gasteiger partial charge is 0.329 e. The maximum absolute atomic E-state index is 5.98. The predicted octanol–water partition coefficient (Wildman–Crippen LogP) is 3.24. The first-order valence-corrected chi connectivity index (χ1v) is 6.85. The predicted molar refractivity (Wildman–Crippen MR) is 79.5 cm³/mol. The Morgan fingerprint density at radius 3 is 2.47 bits per heavy atom. The van der Waals surface area contributed by atoms with Gasteiger partial charge in [0.05, 0.1) is 5.69 Å². The van der Waals surface area contributed by atoms with Gasteiger partial charge in [0.1, 0.15) is 0 Å². The molecule has 0 amide bonds. The summed E-state index contributed by atoms with van der Waals surface area (Å²) in [4.78, 5) is 0. The third-order valence-corrected chi connectivity index (χ3v) is 3.62. The highest BCUT2D eigenvalue weighted by Gasteiger charge is 2.18. The van der Waals surface area contributed by atoms with Crippen molar-refractivity contribution >= 4 is 0 Å². The number of aromatic amines is 1. The molecule has 2 aromatic rings. The number of nitrogens with two attached hydrogens (primary N) is 1. The highest BCUT2D eigenvalue weighted by atomic mass is 15.1. The van der Waals surface area contributed by atoms with Gasteiger partial charge in [-0.05, 0) is 37.0 Å². The Morgan fingerprint density at radius 1 is 1.21 bits per heavy atom. The minimum Gasteiger partial charge on any atom is -0.329 e. The molecule has 19 heavy (non-hydrogen) atoms. The average Bonchev–Trinajstić information content (AvgIpc) is 2.82. The molecule has 0 bridgehead atoms. The van der Waals surface area contributed by atoms with Crippen LogP contribution >= 0.6 is 0 Å². The maximum Gasteiger partial charge on any atom is 0.0650 e. The van der Waals surface area contributed by atoms with Gasteiger partial charge in [0, 0.05) is 18.2 Å². The van der Waals surface area contributed by atoms with Crippen LogP contribution in [-0.4, -0.2) is 16.7 Å². The van der Waals surface area contributed by atoms with Gasteiger partial charge in [0.2, 0.25) is 0 Å². The van der Waals surface area contributed by atoms with Crippen LogP contribution in [0.4, 0.5) is 0 Å². The lowest BCUT2D eigenvalue weighted by Crippen LogP contribution is -2.15. The van der Waals surface area contributed by atoms with Crippen LogP contribution in [0, 0.1) is 13.8 Å². The maximum atomic E-state index is 5.98. The van der Waals surface area contributed by atoms with Crippen molar-refractivity contribution < 1.29 is 0 Å². The molecule has 0 radical (unpaired) electrons. The topological polar surface area (TPSA) is 54.7 Å². The summed E-state index contributed by atoms with van der Waals surface area (Å²) in [6.45, 7) is 9.14. The lowest BCUT2D eigenvalue weighted by molar-refractivity contribution is 0.768. The van der Waals surface area contributed by atoms with Crippen molar-refractivity contribution in [2.45, 2.75) is 39.5 Å². The first-order chi connectivity index (χ1) is 9.02. The Labute approximate surface area is 115 Å². The fourth-order valence-electron chi connectivity index (χ4n) is 2.47. The molecule has 0 aliphatic carbocycles. The Hall–Kier alpha value is -1.61. The highest BCUT2D eigenvalue weighted by Crippen LogP contribution is 2.27.